The topological polar surface area (TPSA) is 45.5 Å². The third-order valence-corrected chi connectivity index (χ3v) is 3.53. The second kappa shape index (κ2) is 7.34. The first kappa shape index (κ1) is 15.7. The van der Waals surface area contributed by atoms with Crippen LogP contribution in [0.1, 0.15) is 12.0 Å². The van der Waals surface area contributed by atoms with E-state index in [-0.39, 0.29) is 17.2 Å². The van der Waals surface area contributed by atoms with E-state index >= 15 is 0 Å². The van der Waals surface area contributed by atoms with Crippen LogP contribution in [-0.2, 0) is 9.47 Å². The van der Waals surface area contributed by atoms with Crippen molar-refractivity contribution in [3.63, 3.8) is 0 Å². The maximum Gasteiger partial charge on any atom is 0.150 e. The molecule has 1 unspecified atom stereocenters. The Labute approximate surface area is 122 Å². The lowest BCUT2D eigenvalue weighted by Gasteiger charge is -2.20. The molecule has 0 bridgehead atoms. The van der Waals surface area contributed by atoms with Gasteiger partial charge in [0.2, 0.25) is 0 Å². The first-order valence-electron chi connectivity index (χ1n) is 6.86. The third kappa shape index (κ3) is 3.90. The standard InChI is InChI=1S/C15H18F2N2O2/c1-20-4-5-21-10-11-2-3-19(9-11)15-13(16)6-12(8-18)7-14(15)17/h6-7,11H,2-5,9-10H2,1H3. The van der Waals surface area contributed by atoms with Gasteiger partial charge in [0.05, 0.1) is 31.5 Å². The summed E-state index contributed by atoms with van der Waals surface area (Å²) in [5.74, 6) is -1.13. The highest BCUT2D eigenvalue weighted by Crippen LogP contribution is 2.30. The maximum atomic E-state index is 13.9. The molecule has 0 aliphatic carbocycles. The Balaban J connectivity index is 1.97. The summed E-state index contributed by atoms with van der Waals surface area (Å²) >= 11 is 0. The molecular weight excluding hydrogens is 278 g/mol. The van der Waals surface area contributed by atoms with Crippen LogP contribution in [0.2, 0.25) is 0 Å². The van der Waals surface area contributed by atoms with Gasteiger partial charge in [-0.3, -0.25) is 0 Å². The second-order valence-corrected chi connectivity index (χ2v) is 5.07. The van der Waals surface area contributed by atoms with Crippen molar-refractivity contribution < 1.29 is 18.3 Å². The average Bonchev–Trinajstić information content (AvgIpc) is 2.91. The normalized spacial score (nSPS) is 18.0. The van der Waals surface area contributed by atoms with Gasteiger partial charge < -0.3 is 14.4 Å². The van der Waals surface area contributed by atoms with Gasteiger partial charge in [-0.2, -0.15) is 5.26 Å². The van der Waals surface area contributed by atoms with Crippen molar-refractivity contribution >= 4 is 5.69 Å². The van der Waals surface area contributed by atoms with E-state index in [2.05, 4.69) is 0 Å². The van der Waals surface area contributed by atoms with Crippen LogP contribution in [0.15, 0.2) is 12.1 Å². The summed E-state index contributed by atoms with van der Waals surface area (Å²) < 4.78 is 38.2. The predicted molar refractivity (Wildman–Crippen MR) is 74.1 cm³/mol. The van der Waals surface area contributed by atoms with Gasteiger partial charge in [0, 0.05) is 26.1 Å². The molecule has 0 amide bonds. The summed E-state index contributed by atoms with van der Waals surface area (Å²) in [6.07, 6.45) is 0.825. The molecule has 1 aromatic rings. The van der Waals surface area contributed by atoms with Crippen molar-refractivity contribution in [3.8, 4) is 6.07 Å². The lowest BCUT2D eigenvalue weighted by Crippen LogP contribution is -2.23. The molecule has 2 rings (SSSR count). The van der Waals surface area contributed by atoms with Crippen LogP contribution in [0, 0.1) is 28.9 Å². The molecule has 0 aromatic heterocycles. The zero-order chi connectivity index (χ0) is 15.2. The Hall–Kier alpha value is -1.71. The van der Waals surface area contributed by atoms with Gasteiger partial charge in [0.25, 0.3) is 0 Å². The van der Waals surface area contributed by atoms with E-state index in [1.807, 2.05) is 0 Å². The average molecular weight is 296 g/mol. The van der Waals surface area contributed by atoms with Gasteiger partial charge in [0.15, 0.2) is 11.6 Å². The van der Waals surface area contributed by atoms with Crippen molar-refractivity contribution in [2.45, 2.75) is 6.42 Å². The number of rotatable bonds is 6. The van der Waals surface area contributed by atoms with Crippen molar-refractivity contribution in [3.05, 3.63) is 29.3 Å². The molecule has 1 atom stereocenters. The predicted octanol–water partition coefficient (Wildman–Crippen LogP) is 2.33. The fourth-order valence-electron chi connectivity index (χ4n) is 2.50. The highest BCUT2D eigenvalue weighted by Gasteiger charge is 2.27. The van der Waals surface area contributed by atoms with Crippen LogP contribution in [0.25, 0.3) is 0 Å². The Morgan fingerprint density at radius 2 is 2.05 bits per heavy atom. The lowest BCUT2D eigenvalue weighted by atomic mass is 10.1. The Morgan fingerprint density at radius 3 is 2.67 bits per heavy atom. The summed E-state index contributed by atoms with van der Waals surface area (Å²) in [5, 5.41) is 8.70. The minimum atomic E-state index is -0.687. The first-order valence-corrected chi connectivity index (χ1v) is 6.86. The highest BCUT2D eigenvalue weighted by atomic mass is 19.1. The summed E-state index contributed by atoms with van der Waals surface area (Å²) in [6, 6.07) is 3.89. The molecule has 114 valence electrons. The van der Waals surface area contributed by atoms with Crippen LogP contribution < -0.4 is 4.90 Å². The number of anilines is 1. The van der Waals surface area contributed by atoms with Crippen LogP contribution in [-0.4, -0.2) is 40.0 Å². The van der Waals surface area contributed by atoms with E-state index in [1.165, 1.54) is 0 Å². The summed E-state index contributed by atoms with van der Waals surface area (Å²) in [5.41, 5.74) is -0.0548. The van der Waals surface area contributed by atoms with E-state index in [0.29, 0.717) is 32.9 Å². The Bertz CT molecular complexity index is 508. The summed E-state index contributed by atoms with van der Waals surface area (Å²) in [4.78, 5) is 1.68. The molecule has 1 aliphatic heterocycles. The van der Waals surface area contributed by atoms with Gasteiger partial charge in [-0.15, -0.1) is 0 Å². The zero-order valence-electron chi connectivity index (χ0n) is 11.9. The second-order valence-electron chi connectivity index (χ2n) is 5.07. The molecule has 6 heteroatoms. The number of hydrogen-bond acceptors (Lipinski definition) is 4. The van der Waals surface area contributed by atoms with E-state index in [4.69, 9.17) is 14.7 Å². The number of ether oxygens (including phenoxy) is 2. The van der Waals surface area contributed by atoms with Crippen molar-refractivity contribution in [2.24, 2.45) is 5.92 Å². The fraction of sp³-hybridized carbons (Fsp3) is 0.533. The molecule has 21 heavy (non-hydrogen) atoms. The molecule has 1 heterocycles. The van der Waals surface area contributed by atoms with Crippen LogP contribution in [0.5, 0.6) is 0 Å². The molecule has 0 saturated carbocycles. The lowest BCUT2D eigenvalue weighted by molar-refractivity contribution is 0.0549. The van der Waals surface area contributed by atoms with E-state index in [0.717, 1.165) is 18.6 Å². The molecular formula is C15H18F2N2O2. The zero-order valence-corrected chi connectivity index (χ0v) is 11.9. The quantitative estimate of drug-likeness (QED) is 0.756. The molecule has 0 spiro atoms. The monoisotopic (exact) mass is 296 g/mol. The number of hydrogen-bond donors (Lipinski definition) is 0. The third-order valence-electron chi connectivity index (χ3n) is 3.53. The van der Waals surface area contributed by atoms with Crippen molar-refractivity contribution in [1.29, 1.82) is 5.26 Å². The van der Waals surface area contributed by atoms with Gasteiger partial charge in [0.1, 0.15) is 5.69 Å². The Morgan fingerprint density at radius 1 is 1.33 bits per heavy atom. The highest BCUT2D eigenvalue weighted by molar-refractivity contribution is 5.53. The molecule has 1 fully saturated rings. The number of benzene rings is 1. The number of methoxy groups -OCH3 is 1. The smallest absolute Gasteiger partial charge is 0.150 e. The minimum Gasteiger partial charge on any atom is -0.382 e. The van der Waals surface area contributed by atoms with Gasteiger partial charge in [-0.25, -0.2) is 8.78 Å². The number of halogens is 2. The molecule has 1 aliphatic rings. The van der Waals surface area contributed by atoms with Gasteiger partial charge in [-0.05, 0) is 18.6 Å². The molecule has 1 aromatic carbocycles. The fourth-order valence-corrected chi connectivity index (χ4v) is 2.50. The van der Waals surface area contributed by atoms with Crippen molar-refractivity contribution in [1.82, 2.24) is 0 Å². The molecule has 0 N–H and O–H groups in total. The van der Waals surface area contributed by atoms with Crippen molar-refractivity contribution in [2.75, 3.05) is 44.9 Å². The van der Waals surface area contributed by atoms with Crippen LogP contribution in [0.4, 0.5) is 14.5 Å². The molecule has 0 radical (unpaired) electrons. The van der Waals surface area contributed by atoms with E-state index in [9.17, 15) is 8.78 Å². The number of nitrogens with zero attached hydrogens (tertiary/aromatic N) is 2. The van der Waals surface area contributed by atoms with Gasteiger partial charge in [-0.1, -0.05) is 0 Å². The Kier molecular flexibility index (Phi) is 5.48. The number of nitriles is 1. The van der Waals surface area contributed by atoms with E-state index < -0.39 is 11.6 Å². The van der Waals surface area contributed by atoms with E-state index in [1.54, 1.807) is 18.1 Å². The maximum absolute atomic E-state index is 13.9. The molecule has 1 saturated heterocycles. The summed E-state index contributed by atoms with van der Waals surface area (Å²) in [6.45, 7) is 2.74. The molecule has 4 nitrogen and oxygen atoms in total. The SMILES string of the molecule is COCCOCC1CCN(c2c(F)cc(C#N)cc2F)C1. The van der Waals surface area contributed by atoms with Gasteiger partial charge >= 0.3 is 0 Å². The first-order chi connectivity index (χ1) is 10.2. The summed E-state index contributed by atoms with van der Waals surface area (Å²) in [7, 11) is 1.61. The minimum absolute atomic E-state index is 0.00704. The van der Waals surface area contributed by atoms with Crippen LogP contribution in [0.3, 0.4) is 0 Å². The largest absolute Gasteiger partial charge is 0.382 e. The van der Waals surface area contributed by atoms with Crippen LogP contribution >= 0.6 is 0 Å².